The van der Waals surface area contributed by atoms with Crippen LogP contribution in [-0.2, 0) is 0 Å². The molecule has 15 heavy (non-hydrogen) atoms. The van der Waals surface area contributed by atoms with E-state index in [9.17, 15) is 0 Å². The normalized spacial score (nSPS) is 28.0. The smallest absolute Gasteiger partial charge is 0.157 e. The van der Waals surface area contributed by atoms with Gasteiger partial charge in [-0.1, -0.05) is 25.6 Å². The molecule has 1 N–H and O–H groups in total. The van der Waals surface area contributed by atoms with Gasteiger partial charge in [0.05, 0.1) is 6.54 Å². The first-order valence-electron chi connectivity index (χ1n) is 6.12. The SMILES string of the molecule is CC(C)CC(C)NC1=NCC(C2CC2)S1. The molecule has 1 heterocycles. The third-order valence-electron chi connectivity index (χ3n) is 3.02. The number of thioether (sulfide) groups is 1. The van der Waals surface area contributed by atoms with Crippen LogP contribution in [0.3, 0.4) is 0 Å². The van der Waals surface area contributed by atoms with Gasteiger partial charge in [-0.15, -0.1) is 0 Å². The van der Waals surface area contributed by atoms with Crippen molar-refractivity contribution in [3.8, 4) is 0 Å². The molecule has 1 aliphatic carbocycles. The van der Waals surface area contributed by atoms with E-state index < -0.39 is 0 Å². The summed E-state index contributed by atoms with van der Waals surface area (Å²) in [4.78, 5) is 4.59. The topological polar surface area (TPSA) is 24.4 Å². The van der Waals surface area contributed by atoms with E-state index in [1.165, 1.54) is 24.4 Å². The standard InChI is InChI=1S/C12H22N2S/c1-8(2)6-9(3)14-12-13-7-11(15-12)10-4-5-10/h8-11H,4-7H2,1-3H3,(H,13,14). The molecule has 0 amide bonds. The van der Waals surface area contributed by atoms with E-state index in [2.05, 4.69) is 31.1 Å². The number of nitrogens with one attached hydrogen (secondary N) is 1. The molecule has 1 aliphatic heterocycles. The summed E-state index contributed by atoms with van der Waals surface area (Å²) < 4.78 is 0. The van der Waals surface area contributed by atoms with Crippen LogP contribution in [0.2, 0.25) is 0 Å². The molecule has 2 aliphatic rings. The van der Waals surface area contributed by atoms with Gasteiger partial charge in [-0.25, -0.2) is 0 Å². The molecule has 2 atom stereocenters. The first kappa shape index (κ1) is 11.3. The van der Waals surface area contributed by atoms with Crippen molar-refractivity contribution in [2.24, 2.45) is 16.8 Å². The van der Waals surface area contributed by atoms with Crippen LogP contribution < -0.4 is 5.32 Å². The van der Waals surface area contributed by atoms with Crippen molar-refractivity contribution >= 4 is 16.9 Å². The molecule has 0 aromatic heterocycles. The molecule has 86 valence electrons. The van der Waals surface area contributed by atoms with Crippen LogP contribution >= 0.6 is 11.8 Å². The van der Waals surface area contributed by atoms with Crippen molar-refractivity contribution in [3.63, 3.8) is 0 Å². The predicted molar refractivity (Wildman–Crippen MR) is 68.5 cm³/mol. The van der Waals surface area contributed by atoms with Gasteiger partial charge in [-0.3, -0.25) is 4.99 Å². The summed E-state index contributed by atoms with van der Waals surface area (Å²) in [5.74, 6) is 1.73. The van der Waals surface area contributed by atoms with Crippen molar-refractivity contribution < 1.29 is 0 Å². The second-order valence-corrected chi connectivity index (χ2v) is 6.54. The van der Waals surface area contributed by atoms with Crippen molar-refractivity contribution in [2.75, 3.05) is 6.54 Å². The summed E-state index contributed by atoms with van der Waals surface area (Å²) in [5.41, 5.74) is 0. The number of amidine groups is 1. The van der Waals surface area contributed by atoms with Gasteiger partial charge in [0.1, 0.15) is 0 Å². The van der Waals surface area contributed by atoms with Crippen LogP contribution in [0.15, 0.2) is 4.99 Å². The highest BCUT2D eigenvalue weighted by Crippen LogP contribution is 2.41. The average Bonchev–Trinajstić information content (AvgIpc) is 2.87. The van der Waals surface area contributed by atoms with E-state index in [4.69, 9.17) is 0 Å². The number of nitrogens with zero attached hydrogens (tertiary/aromatic N) is 1. The van der Waals surface area contributed by atoms with Crippen LogP contribution in [-0.4, -0.2) is 23.0 Å². The molecule has 0 aromatic carbocycles. The highest BCUT2D eigenvalue weighted by Gasteiger charge is 2.35. The van der Waals surface area contributed by atoms with Crippen LogP contribution in [0, 0.1) is 11.8 Å². The van der Waals surface area contributed by atoms with E-state index in [0.29, 0.717) is 6.04 Å². The van der Waals surface area contributed by atoms with Gasteiger partial charge in [0.2, 0.25) is 0 Å². The maximum atomic E-state index is 4.59. The lowest BCUT2D eigenvalue weighted by Gasteiger charge is -2.16. The van der Waals surface area contributed by atoms with Crippen molar-refractivity contribution in [1.29, 1.82) is 0 Å². The molecule has 2 rings (SSSR count). The highest BCUT2D eigenvalue weighted by molar-refractivity contribution is 8.14. The number of aliphatic imine (C=N–C) groups is 1. The van der Waals surface area contributed by atoms with E-state index in [1.54, 1.807) is 0 Å². The molecule has 0 radical (unpaired) electrons. The molecule has 0 aromatic rings. The van der Waals surface area contributed by atoms with Gasteiger partial charge in [0.15, 0.2) is 5.17 Å². The Morgan fingerprint density at radius 3 is 2.73 bits per heavy atom. The Labute approximate surface area is 97.3 Å². The fraction of sp³-hybridized carbons (Fsp3) is 0.917. The van der Waals surface area contributed by atoms with Crippen LogP contribution in [0.4, 0.5) is 0 Å². The monoisotopic (exact) mass is 226 g/mol. The molecular formula is C12H22N2S. The maximum absolute atomic E-state index is 4.59. The average molecular weight is 226 g/mol. The van der Waals surface area contributed by atoms with E-state index in [-0.39, 0.29) is 0 Å². The predicted octanol–water partition coefficient (Wildman–Crippen LogP) is 2.89. The first-order valence-corrected chi connectivity index (χ1v) is 7.00. The minimum Gasteiger partial charge on any atom is -0.362 e. The molecule has 1 saturated carbocycles. The Balaban J connectivity index is 1.71. The summed E-state index contributed by atoms with van der Waals surface area (Å²) in [7, 11) is 0. The summed E-state index contributed by atoms with van der Waals surface area (Å²) >= 11 is 1.98. The Morgan fingerprint density at radius 1 is 1.40 bits per heavy atom. The lowest BCUT2D eigenvalue weighted by molar-refractivity contribution is 0.492. The molecule has 2 nitrogen and oxygen atoms in total. The minimum atomic E-state index is 0.564. The first-order chi connectivity index (χ1) is 7.15. The van der Waals surface area contributed by atoms with Crippen molar-refractivity contribution in [1.82, 2.24) is 5.32 Å². The van der Waals surface area contributed by atoms with E-state index in [0.717, 1.165) is 23.6 Å². The zero-order chi connectivity index (χ0) is 10.8. The van der Waals surface area contributed by atoms with E-state index >= 15 is 0 Å². The van der Waals surface area contributed by atoms with Gasteiger partial charge in [-0.05, 0) is 38.0 Å². The van der Waals surface area contributed by atoms with Crippen LogP contribution in [0.25, 0.3) is 0 Å². The van der Waals surface area contributed by atoms with Gasteiger partial charge in [0, 0.05) is 11.3 Å². The van der Waals surface area contributed by atoms with E-state index in [1.807, 2.05) is 11.8 Å². The van der Waals surface area contributed by atoms with Crippen molar-refractivity contribution in [3.05, 3.63) is 0 Å². The third-order valence-corrected chi connectivity index (χ3v) is 4.33. The molecule has 3 heteroatoms. The van der Waals surface area contributed by atoms with Gasteiger partial charge >= 0.3 is 0 Å². The lowest BCUT2D eigenvalue weighted by Crippen LogP contribution is -2.31. The molecule has 0 saturated heterocycles. The zero-order valence-electron chi connectivity index (χ0n) is 9.99. The molecule has 0 bridgehead atoms. The van der Waals surface area contributed by atoms with Crippen LogP contribution in [0.1, 0.15) is 40.0 Å². The number of rotatable bonds is 4. The fourth-order valence-corrected chi connectivity index (χ4v) is 3.48. The fourth-order valence-electron chi connectivity index (χ4n) is 2.16. The van der Waals surface area contributed by atoms with Gasteiger partial charge < -0.3 is 5.32 Å². The highest BCUT2D eigenvalue weighted by atomic mass is 32.2. The number of hydrogen-bond acceptors (Lipinski definition) is 3. The minimum absolute atomic E-state index is 0.564. The third kappa shape index (κ3) is 3.40. The summed E-state index contributed by atoms with van der Waals surface area (Å²) in [5, 5.41) is 5.52. The summed E-state index contributed by atoms with van der Waals surface area (Å²) in [6.07, 6.45) is 4.09. The Kier molecular flexibility index (Phi) is 3.60. The molecule has 2 unspecified atom stereocenters. The molecular weight excluding hydrogens is 204 g/mol. The zero-order valence-corrected chi connectivity index (χ0v) is 10.8. The molecule has 1 fully saturated rings. The summed E-state index contributed by atoms with van der Waals surface area (Å²) in [6, 6.07) is 0.564. The van der Waals surface area contributed by atoms with Gasteiger partial charge in [0.25, 0.3) is 0 Å². The Bertz CT molecular complexity index is 246. The lowest BCUT2D eigenvalue weighted by atomic mass is 10.1. The molecule has 0 spiro atoms. The Morgan fingerprint density at radius 2 is 2.13 bits per heavy atom. The largest absolute Gasteiger partial charge is 0.362 e. The number of hydrogen-bond donors (Lipinski definition) is 1. The van der Waals surface area contributed by atoms with Crippen molar-refractivity contribution in [2.45, 2.75) is 51.3 Å². The Hall–Kier alpha value is -0.180. The maximum Gasteiger partial charge on any atom is 0.157 e. The second kappa shape index (κ2) is 4.77. The quantitative estimate of drug-likeness (QED) is 0.797. The summed E-state index contributed by atoms with van der Waals surface area (Å²) in [6.45, 7) is 7.85. The van der Waals surface area contributed by atoms with Gasteiger partial charge in [-0.2, -0.15) is 0 Å². The van der Waals surface area contributed by atoms with Crippen LogP contribution in [0.5, 0.6) is 0 Å². The second-order valence-electron chi connectivity index (χ2n) is 5.31.